The molecule has 7 heteroatoms. The van der Waals surface area contributed by atoms with Crippen LogP contribution < -0.4 is 5.73 Å². The molecule has 1 saturated carbocycles. The van der Waals surface area contributed by atoms with Gasteiger partial charge in [-0.3, -0.25) is 0 Å². The molecule has 0 aromatic carbocycles. The first kappa shape index (κ1) is 11.9. The lowest BCUT2D eigenvalue weighted by Crippen LogP contribution is -2.66. The van der Waals surface area contributed by atoms with Gasteiger partial charge in [-0.15, -0.1) is 12.4 Å². The molecule has 1 fully saturated rings. The summed E-state index contributed by atoms with van der Waals surface area (Å²) in [5.74, 6) is -3.23. The highest BCUT2D eigenvalue weighted by Gasteiger charge is 2.67. The van der Waals surface area contributed by atoms with Crippen LogP contribution in [-0.2, 0) is 0 Å². The average Bonchev–Trinajstić information content (AvgIpc) is 1.55. The van der Waals surface area contributed by atoms with Crippen molar-refractivity contribution in [2.24, 2.45) is 5.73 Å². The normalized spacial score (nSPS) is 25.5. The fourth-order valence-corrected chi connectivity index (χ4v) is 1.07. The average molecular weight is 212 g/mol. The Bertz CT molecular complexity index is 169. The zero-order valence-electron chi connectivity index (χ0n) is 5.79. The third kappa shape index (κ3) is 1.80. The monoisotopic (exact) mass is 211 g/mol. The van der Waals surface area contributed by atoms with Gasteiger partial charge in [0.15, 0.2) is 0 Å². The number of rotatable bonds is 0. The summed E-state index contributed by atoms with van der Waals surface area (Å²) in [5, 5.41) is 0. The molecule has 0 bridgehead atoms. The van der Waals surface area contributed by atoms with E-state index in [9.17, 15) is 22.0 Å². The molecule has 0 spiro atoms. The third-order valence-electron chi connectivity index (χ3n) is 1.71. The Morgan fingerprint density at radius 3 is 1.50 bits per heavy atom. The van der Waals surface area contributed by atoms with Crippen molar-refractivity contribution >= 4 is 12.4 Å². The number of hydrogen-bond donors (Lipinski definition) is 1. The molecular formula is C5H7ClF5N. The molecule has 0 aromatic rings. The molecule has 0 radical (unpaired) electrons. The van der Waals surface area contributed by atoms with Crippen molar-refractivity contribution < 1.29 is 22.0 Å². The fraction of sp³-hybridized carbons (Fsp3) is 1.00. The second-order valence-electron chi connectivity index (χ2n) is 2.86. The summed E-state index contributed by atoms with van der Waals surface area (Å²) in [6.07, 6.45) is -7.29. The van der Waals surface area contributed by atoms with Gasteiger partial charge in [0.25, 0.3) is 5.92 Å². The van der Waals surface area contributed by atoms with Gasteiger partial charge in [-0.05, 0) is 0 Å². The zero-order chi connectivity index (χ0) is 8.91. The Morgan fingerprint density at radius 1 is 1.08 bits per heavy atom. The predicted molar refractivity (Wildman–Crippen MR) is 34.4 cm³/mol. The van der Waals surface area contributed by atoms with Crippen molar-refractivity contribution in [3.05, 3.63) is 0 Å². The van der Waals surface area contributed by atoms with E-state index in [1.165, 1.54) is 0 Å². The Hall–Kier alpha value is -0.100. The van der Waals surface area contributed by atoms with E-state index < -0.39 is 30.5 Å². The lowest BCUT2D eigenvalue weighted by atomic mass is 9.74. The van der Waals surface area contributed by atoms with Gasteiger partial charge < -0.3 is 5.73 Å². The zero-order valence-corrected chi connectivity index (χ0v) is 6.61. The molecule has 0 heterocycles. The topological polar surface area (TPSA) is 26.0 Å². The quantitative estimate of drug-likeness (QED) is 0.610. The molecule has 1 rings (SSSR count). The van der Waals surface area contributed by atoms with Crippen LogP contribution in [0.2, 0.25) is 0 Å². The number of hydrogen-bond acceptors (Lipinski definition) is 1. The lowest BCUT2D eigenvalue weighted by molar-refractivity contribution is -0.263. The summed E-state index contributed by atoms with van der Waals surface area (Å²) in [7, 11) is 0. The molecule has 74 valence electrons. The number of nitrogens with two attached hydrogens (primary N) is 1. The summed E-state index contributed by atoms with van der Waals surface area (Å²) >= 11 is 0. The summed E-state index contributed by atoms with van der Waals surface area (Å²) in [4.78, 5) is 0. The molecule has 1 nitrogen and oxygen atoms in total. The Morgan fingerprint density at radius 2 is 1.42 bits per heavy atom. The van der Waals surface area contributed by atoms with Crippen LogP contribution in [0.4, 0.5) is 22.0 Å². The Balaban J connectivity index is 0.00000121. The third-order valence-corrected chi connectivity index (χ3v) is 1.71. The summed E-state index contributed by atoms with van der Waals surface area (Å²) in [5.41, 5.74) is 1.99. The number of alkyl halides is 5. The molecule has 12 heavy (non-hydrogen) atoms. The standard InChI is InChI=1S/C5H6F5N.ClH/c6-4(7)1-3(11,2-4)5(8,9)10;/h1-2,11H2;1H. The smallest absolute Gasteiger partial charge is 0.317 e. The van der Waals surface area contributed by atoms with Crippen LogP contribution in [-0.4, -0.2) is 17.6 Å². The summed E-state index contributed by atoms with van der Waals surface area (Å²) in [6.45, 7) is 0. The maximum Gasteiger partial charge on any atom is 0.406 e. The van der Waals surface area contributed by atoms with Crippen LogP contribution >= 0.6 is 12.4 Å². The van der Waals surface area contributed by atoms with Crippen molar-refractivity contribution in [3.63, 3.8) is 0 Å². The number of halogens is 6. The van der Waals surface area contributed by atoms with E-state index in [2.05, 4.69) is 5.73 Å². The van der Waals surface area contributed by atoms with E-state index in [1.54, 1.807) is 0 Å². The second kappa shape index (κ2) is 2.70. The molecule has 0 aliphatic heterocycles. The van der Waals surface area contributed by atoms with E-state index >= 15 is 0 Å². The van der Waals surface area contributed by atoms with E-state index in [-0.39, 0.29) is 12.4 Å². The van der Waals surface area contributed by atoms with Gasteiger partial charge in [-0.2, -0.15) is 13.2 Å². The van der Waals surface area contributed by atoms with Gasteiger partial charge in [0.2, 0.25) is 0 Å². The van der Waals surface area contributed by atoms with Gasteiger partial charge >= 0.3 is 6.18 Å². The molecule has 0 saturated heterocycles. The van der Waals surface area contributed by atoms with Crippen molar-refractivity contribution in [2.75, 3.05) is 0 Å². The predicted octanol–water partition coefficient (Wildman–Crippen LogP) is 2.10. The van der Waals surface area contributed by atoms with Gasteiger partial charge in [-0.25, -0.2) is 8.78 Å². The minimum atomic E-state index is -4.71. The fourth-order valence-electron chi connectivity index (χ4n) is 1.07. The van der Waals surface area contributed by atoms with Crippen LogP contribution in [0.3, 0.4) is 0 Å². The highest BCUT2D eigenvalue weighted by molar-refractivity contribution is 5.85. The van der Waals surface area contributed by atoms with Gasteiger partial charge in [0.1, 0.15) is 5.54 Å². The van der Waals surface area contributed by atoms with Crippen molar-refractivity contribution in [1.82, 2.24) is 0 Å². The van der Waals surface area contributed by atoms with Crippen LogP contribution in [0.15, 0.2) is 0 Å². The molecule has 0 aromatic heterocycles. The van der Waals surface area contributed by atoms with Crippen molar-refractivity contribution in [3.8, 4) is 0 Å². The van der Waals surface area contributed by atoms with Crippen LogP contribution in [0.25, 0.3) is 0 Å². The van der Waals surface area contributed by atoms with Crippen molar-refractivity contribution in [1.29, 1.82) is 0 Å². The van der Waals surface area contributed by atoms with Gasteiger partial charge in [-0.1, -0.05) is 0 Å². The summed E-state index contributed by atoms with van der Waals surface area (Å²) in [6, 6.07) is 0. The lowest BCUT2D eigenvalue weighted by Gasteiger charge is -2.45. The highest BCUT2D eigenvalue weighted by atomic mass is 35.5. The molecule has 2 N–H and O–H groups in total. The Labute approximate surface area is 71.5 Å². The van der Waals surface area contributed by atoms with E-state index in [1.807, 2.05) is 0 Å². The molecule has 1 aliphatic carbocycles. The van der Waals surface area contributed by atoms with E-state index in [0.29, 0.717) is 0 Å². The van der Waals surface area contributed by atoms with Gasteiger partial charge in [0, 0.05) is 12.8 Å². The highest BCUT2D eigenvalue weighted by Crippen LogP contribution is 2.51. The SMILES string of the molecule is Cl.NC1(C(F)(F)F)CC(F)(F)C1. The van der Waals surface area contributed by atoms with Gasteiger partial charge in [0.05, 0.1) is 0 Å². The largest absolute Gasteiger partial charge is 0.406 e. The Kier molecular flexibility index (Phi) is 2.68. The van der Waals surface area contributed by atoms with E-state index in [4.69, 9.17) is 0 Å². The molecule has 0 atom stereocenters. The maximum absolute atomic E-state index is 12.0. The minimum absolute atomic E-state index is 0. The van der Waals surface area contributed by atoms with E-state index in [0.717, 1.165) is 0 Å². The van der Waals surface area contributed by atoms with Crippen LogP contribution in [0.1, 0.15) is 12.8 Å². The maximum atomic E-state index is 12.0. The van der Waals surface area contributed by atoms with Crippen LogP contribution in [0, 0.1) is 0 Å². The molecule has 1 aliphatic rings. The van der Waals surface area contributed by atoms with Crippen LogP contribution in [0.5, 0.6) is 0 Å². The minimum Gasteiger partial charge on any atom is -0.317 e. The second-order valence-corrected chi connectivity index (χ2v) is 2.86. The first-order valence-corrected chi connectivity index (χ1v) is 2.90. The molecule has 0 amide bonds. The first-order valence-electron chi connectivity index (χ1n) is 2.90. The van der Waals surface area contributed by atoms with Crippen molar-refractivity contribution in [2.45, 2.75) is 30.5 Å². The summed E-state index contributed by atoms with van der Waals surface area (Å²) < 4.78 is 59.3. The molecule has 0 unspecified atom stereocenters. The first-order chi connectivity index (χ1) is 4.66. The molecular weight excluding hydrogens is 205 g/mol.